The lowest BCUT2D eigenvalue weighted by Crippen LogP contribution is -2.45. The van der Waals surface area contributed by atoms with Gasteiger partial charge in [0.2, 0.25) is 0 Å². The average Bonchev–Trinajstić information content (AvgIpc) is 3.34. The molecule has 4 nitrogen and oxygen atoms in total. The van der Waals surface area contributed by atoms with Crippen molar-refractivity contribution in [2.75, 3.05) is 0 Å². The van der Waals surface area contributed by atoms with Crippen molar-refractivity contribution in [2.24, 2.45) is 28.6 Å². The molecule has 0 bridgehead atoms. The largest absolute Gasteiger partial charge is 0.299 e. The lowest BCUT2D eigenvalue weighted by atomic mass is 9.52. The number of hydrogen-bond donors (Lipinski definition) is 0. The normalized spacial score (nSPS) is 33.0. The third-order valence-electron chi connectivity index (χ3n) is 10.1. The van der Waals surface area contributed by atoms with Gasteiger partial charge in [-0.25, -0.2) is 0 Å². The molecule has 0 amide bonds. The second-order valence-electron chi connectivity index (χ2n) is 12.2. The fourth-order valence-electron chi connectivity index (χ4n) is 8.00. The molecule has 0 heterocycles. The molecule has 0 radical (unpaired) electrons. The van der Waals surface area contributed by atoms with Crippen molar-refractivity contribution in [1.82, 2.24) is 0 Å². The van der Waals surface area contributed by atoms with Gasteiger partial charge in [0.05, 0.1) is 21.6 Å². The number of hydrogen-bond acceptors (Lipinski definition) is 4. The Morgan fingerprint density at radius 2 is 1.55 bits per heavy atom. The molecule has 4 aliphatic carbocycles. The number of fused-ring (bicyclic) bond motifs is 5. The Hall–Kier alpha value is -2.70. The minimum Gasteiger partial charge on any atom is -0.299 e. The van der Waals surface area contributed by atoms with Gasteiger partial charge in [-0.2, -0.15) is 0 Å². The summed E-state index contributed by atoms with van der Waals surface area (Å²) in [7, 11) is -3.18. The van der Waals surface area contributed by atoms with E-state index in [1.165, 1.54) is 11.1 Å². The van der Waals surface area contributed by atoms with Crippen LogP contribution in [0.15, 0.2) is 106 Å². The predicted molar refractivity (Wildman–Crippen MR) is 159 cm³/mol. The van der Waals surface area contributed by atoms with E-state index in [1.807, 2.05) is 42.5 Å². The van der Waals surface area contributed by atoms with Crippen molar-refractivity contribution >= 4 is 33.2 Å². The zero-order valence-corrected chi connectivity index (χ0v) is 24.7. The Morgan fingerprint density at radius 1 is 0.925 bits per heavy atom. The fraction of sp³-hybridized carbons (Fsp3) is 0.412. The number of ketones is 2. The van der Waals surface area contributed by atoms with Crippen LogP contribution >= 0.6 is 0 Å². The lowest BCUT2D eigenvalue weighted by molar-refractivity contribution is -0.126. The standard InChI is InChI=1S/C34H36O4S2/c1-33-19-17-24(35)21-23(33)13-14-27-28-15-16-30(34(28,2)20-18-29(27)33)31(36)22-32(39(37)25-9-5-3-6-10-25)40(38)26-11-7-4-8-12-26/h3-12,17-19,21,27-28,30,32H,13-16,20,22H2,1-2H3/t27-,28-,30+,32?,33-,34-,39?,40?/m0/s1. The van der Waals surface area contributed by atoms with E-state index in [0.717, 1.165) is 32.1 Å². The predicted octanol–water partition coefficient (Wildman–Crippen LogP) is 6.73. The molecule has 0 N–H and O–H groups in total. The number of rotatable bonds is 7. The maximum Gasteiger partial charge on any atom is 0.178 e. The minimum absolute atomic E-state index is 0.0344. The van der Waals surface area contributed by atoms with E-state index in [4.69, 9.17) is 0 Å². The summed E-state index contributed by atoms with van der Waals surface area (Å²) in [6.45, 7) is 4.51. The van der Waals surface area contributed by atoms with Crippen molar-refractivity contribution in [2.45, 2.75) is 66.7 Å². The van der Waals surface area contributed by atoms with Gasteiger partial charge in [0.25, 0.3) is 0 Å². The van der Waals surface area contributed by atoms with Crippen molar-refractivity contribution < 1.29 is 18.0 Å². The first kappa shape index (κ1) is 27.5. The van der Waals surface area contributed by atoms with Gasteiger partial charge >= 0.3 is 0 Å². The Balaban J connectivity index is 1.28. The Kier molecular flexibility index (Phi) is 7.28. The number of Topliss-reactive ketones (excluding diaryl/α,β-unsaturated/α-hetero) is 1. The topological polar surface area (TPSA) is 68.3 Å². The van der Waals surface area contributed by atoms with E-state index >= 15 is 0 Å². The summed E-state index contributed by atoms with van der Waals surface area (Å²) in [6.07, 6.45) is 12.6. The van der Waals surface area contributed by atoms with Gasteiger partial charge in [0, 0.05) is 27.5 Å². The van der Waals surface area contributed by atoms with E-state index in [0.29, 0.717) is 21.6 Å². The monoisotopic (exact) mass is 572 g/mol. The highest BCUT2D eigenvalue weighted by molar-refractivity contribution is 8.03. The van der Waals surface area contributed by atoms with Crippen LogP contribution in [0.1, 0.15) is 52.4 Å². The minimum atomic E-state index is -1.59. The molecule has 4 aliphatic rings. The highest BCUT2D eigenvalue weighted by Gasteiger charge is 2.57. The van der Waals surface area contributed by atoms with Crippen LogP contribution in [0.3, 0.4) is 0 Å². The highest BCUT2D eigenvalue weighted by atomic mass is 32.2. The number of benzene rings is 2. The van der Waals surface area contributed by atoms with Crippen molar-refractivity contribution in [3.63, 3.8) is 0 Å². The molecule has 2 saturated carbocycles. The molecule has 0 aliphatic heterocycles. The number of carbonyl (C=O) groups excluding carboxylic acids is 2. The first-order valence-electron chi connectivity index (χ1n) is 14.3. The number of carbonyl (C=O) groups is 2. The molecule has 2 aromatic rings. The molecular weight excluding hydrogens is 537 g/mol. The Bertz CT molecular complexity index is 1420. The third-order valence-corrected chi connectivity index (χ3v) is 13.9. The molecule has 6 rings (SSSR count). The van der Waals surface area contributed by atoms with E-state index in [9.17, 15) is 18.0 Å². The summed E-state index contributed by atoms with van der Waals surface area (Å²) in [5.41, 5.74) is 2.25. The Morgan fingerprint density at radius 3 is 2.17 bits per heavy atom. The average molecular weight is 573 g/mol. The first-order chi connectivity index (χ1) is 19.2. The maximum atomic E-state index is 14.1. The van der Waals surface area contributed by atoms with Crippen LogP contribution in [0.4, 0.5) is 0 Å². The van der Waals surface area contributed by atoms with Crippen molar-refractivity contribution in [1.29, 1.82) is 0 Å². The van der Waals surface area contributed by atoms with Crippen LogP contribution in [0, 0.1) is 28.6 Å². The number of allylic oxidation sites excluding steroid dienone is 6. The molecule has 7 atom stereocenters. The summed E-state index contributed by atoms with van der Waals surface area (Å²) in [4.78, 5) is 27.4. The molecular formula is C34H36O4S2. The molecule has 0 aromatic heterocycles. The second-order valence-corrected chi connectivity index (χ2v) is 15.7. The molecule has 6 heteroatoms. The SMILES string of the molecule is C[C@]12C=CC(=O)C=C1CC[C@@H]1C2=CC[C@]2(C)[C@@H](C(=O)CC(S(=O)c3ccccc3)S(=O)c3ccccc3)CC[C@@H]12. The van der Waals surface area contributed by atoms with E-state index < -0.39 is 26.2 Å². The molecule has 2 aromatic carbocycles. The van der Waals surface area contributed by atoms with Gasteiger partial charge in [-0.3, -0.25) is 18.0 Å². The summed E-state index contributed by atoms with van der Waals surface area (Å²) in [5.74, 6) is 0.805. The molecule has 2 unspecified atom stereocenters. The van der Waals surface area contributed by atoms with Gasteiger partial charge in [-0.1, -0.05) is 66.6 Å². The summed E-state index contributed by atoms with van der Waals surface area (Å²) >= 11 is 0. The fourth-order valence-corrected chi connectivity index (χ4v) is 11.4. The van der Waals surface area contributed by atoms with Gasteiger partial charge < -0.3 is 0 Å². The van der Waals surface area contributed by atoms with Gasteiger partial charge in [0.15, 0.2) is 5.78 Å². The summed E-state index contributed by atoms with van der Waals surface area (Å²) in [5, 5.41) is 0. The zero-order chi connectivity index (χ0) is 28.1. The van der Waals surface area contributed by atoms with E-state index in [2.05, 4.69) is 26.0 Å². The Labute approximate surface area is 241 Å². The smallest absolute Gasteiger partial charge is 0.178 e. The summed E-state index contributed by atoms with van der Waals surface area (Å²) < 4.78 is 26.7. The van der Waals surface area contributed by atoms with Gasteiger partial charge in [-0.05, 0) is 92.7 Å². The molecule has 40 heavy (non-hydrogen) atoms. The second kappa shape index (κ2) is 10.6. The molecule has 2 fully saturated rings. The maximum absolute atomic E-state index is 14.1. The van der Waals surface area contributed by atoms with Crippen molar-refractivity contribution in [3.8, 4) is 0 Å². The van der Waals surface area contributed by atoms with Crippen LogP contribution in [-0.2, 0) is 31.2 Å². The van der Waals surface area contributed by atoms with Crippen LogP contribution in [0.25, 0.3) is 0 Å². The van der Waals surface area contributed by atoms with Gasteiger partial charge in [-0.15, -0.1) is 0 Å². The molecule has 0 saturated heterocycles. The molecule has 208 valence electrons. The van der Waals surface area contributed by atoms with Crippen LogP contribution in [-0.4, -0.2) is 24.6 Å². The summed E-state index contributed by atoms with van der Waals surface area (Å²) in [6, 6.07) is 18.2. The van der Waals surface area contributed by atoms with Crippen LogP contribution in [0.2, 0.25) is 0 Å². The zero-order valence-electron chi connectivity index (χ0n) is 23.1. The quantitative estimate of drug-likeness (QED) is 0.345. The van der Waals surface area contributed by atoms with Crippen LogP contribution in [0.5, 0.6) is 0 Å². The molecule has 0 spiro atoms. The first-order valence-corrected chi connectivity index (χ1v) is 16.7. The third kappa shape index (κ3) is 4.57. The van der Waals surface area contributed by atoms with E-state index in [-0.39, 0.29) is 34.7 Å². The van der Waals surface area contributed by atoms with E-state index in [1.54, 1.807) is 30.3 Å². The highest BCUT2D eigenvalue weighted by Crippen LogP contribution is 2.64. The van der Waals surface area contributed by atoms with Crippen LogP contribution < -0.4 is 0 Å². The van der Waals surface area contributed by atoms with Crippen molar-refractivity contribution in [3.05, 3.63) is 96.1 Å². The lowest BCUT2D eigenvalue weighted by Gasteiger charge is -2.52. The van der Waals surface area contributed by atoms with Gasteiger partial charge in [0.1, 0.15) is 10.4 Å².